The van der Waals surface area contributed by atoms with Gasteiger partial charge in [0.1, 0.15) is 6.04 Å². The van der Waals surface area contributed by atoms with Crippen molar-refractivity contribution in [1.29, 1.82) is 0 Å². The zero-order valence-corrected chi connectivity index (χ0v) is 14.6. The Morgan fingerprint density at radius 2 is 1.92 bits per heavy atom. The molecule has 1 amide bonds. The predicted molar refractivity (Wildman–Crippen MR) is 92.7 cm³/mol. The van der Waals surface area contributed by atoms with Gasteiger partial charge in [-0.1, -0.05) is 12.1 Å². The van der Waals surface area contributed by atoms with Gasteiger partial charge in [-0.25, -0.2) is 8.42 Å². The Bertz CT molecular complexity index is 701. The molecule has 3 rings (SSSR count). The van der Waals surface area contributed by atoms with Crippen LogP contribution in [0.15, 0.2) is 24.3 Å². The molecule has 7 nitrogen and oxygen atoms in total. The van der Waals surface area contributed by atoms with E-state index in [1.54, 1.807) is 0 Å². The van der Waals surface area contributed by atoms with E-state index in [9.17, 15) is 13.2 Å². The number of ether oxygens (including phenoxy) is 1. The summed E-state index contributed by atoms with van der Waals surface area (Å²) in [6.07, 6.45) is 2.41. The minimum atomic E-state index is -3.37. The summed E-state index contributed by atoms with van der Waals surface area (Å²) in [5.74, 6) is -0.265. The molecule has 0 aliphatic carbocycles. The van der Waals surface area contributed by atoms with Gasteiger partial charge in [0.05, 0.1) is 30.8 Å². The minimum absolute atomic E-state index is 0.265. The number of carbonyl (C=O) groups excluding carboxylic acids is 1. The highest BCUT2D eigenvalue weighted by Crippen LogP contribution is 2.28. The third-order valence-corrected chi connectivity index (χ3v) is 5.74. The molecule has 2 saturated heterocycles. The molecule has 2 heterocycles. The summed E-state index contributed by atoms with van der Waals surface area (Å²) in [7, 11) is -3.37. The number of benzene rings is 1. The van der Waals surface area contributed by atoms with Gasteiger partial charge >= 0.3 is 0 Å². The number of morpholine rings is 1. The second-order valence-electron chi connectivity index (χ2n) is 6.14. The van der Waals surface area contributed by atoms with Crippen molar-refractivity contribution < 1.29 is 17.9 Å². The maximum Gasteiger partial charge on any atom is 0.242 e. The minimum Gasteiger partial charge on any atom is -0.378 e. The van der Waals surface area contributed by atoms with Gasteiger partial charge in [0.15, 0.2) is 0 Å². The molecule has 0 bridgehead atoms. The van der Waals surface area contributed by atoms with Crippen LogP contribution < -0.4 is 10.2 Å². The van der Waals surface area contributed by atoms with Gasteiger partial charge in [-0.15, -0.1) is 0 Å². The van der Waals surface area contributed by atoms with Crippen molar-refractivity contribution in [3.63, 3.8) is 0 Å². The quantitative estimate of drug-likeness (QED) is 0.870. The van der Waals surface area contributed by atoms with Crippen LogP contribution in [-0.2, 0) is 19.6 Å². The summed E-state index contributed by atoms with van der Waals surface area (Å²) >= 11 is 0. The van der Waals surface area contributed by atoms with E-state index < -0.39 is 16.1 Å². The third-order valence-electron chi connectivity index (χ3n) is 4.45. The normalized spacial score (nSPS) is 22.5. The average Bonchev–Trinajstić information content (AvgIpc) is 3.06. The SMILES string of the molecule is CS(=O)(=O)N1CCCC1C(=O)Nc1ccccc1N1CCOCC1. The van der Waals surface area contributed by atoms with Crippen molar-refractivity contribution in [3.8, 4) is 0 Å². The molecule has 0 saturated carbocycles. The summed E-state index contributed by atoms with van der Waals surface area (Å²) in [5.41, 5.74) is 1.66. The molecule has 1 atom stereocenters. The van der Waals surface area contributed by atoms with Crippen LogP contribution in [0.2, 0.25) is 0 Å². The largest absolute Gasteiger partial charge is 0.378 e. The Hall–Kier alpha value is -1.64. The van der Waals surface area contributed by atoms with Gasteiger partial charge in [-0.2, -0.15) is 4.31 Å². The van der Waals surface area contributed by atoms with Gasteiger partial charge in [0.25, 0.3) is 0 Å². The third kappa shape index (κ3) is 3.71. The first kappa shape index (κ1) is 17.2. The summed E-state index contributed by atoms with van der Waals surface area (Å²) in [6, 6.07) is 6.98. The fourth-order valence-corrected chi connectivity index (χ4v) is 4.40. The van der Waals surface area contributed by atoms with E-state index in [-0.39, 0.29) is 5.91 Å². The van der Waals surface area contributed by atoms with E-state index >= 15 is 0 Å². The lowest BCUT2D eigenvalue weighted by Gasteiger charge is -2.31. The van der Waals surface area contributed by atoms with E-state index in [2.05, 4.69) is 10.2 Å². The maximum absolute atomic E-state index is 12.6. The molecule has 1 aromatic carbocycles. The summed E-state index contributed by atoms with van der Waals surface area (Å²) in [5, 5.41) is 2.92. The molecule has 0 spiro atoms. The van der Waals surface area contributed by atoms with Gasteiger partial charge < -0.3 is 15.0 Å². The Morgan fingerprint density at radius 1 is 1.21 bits per heavy atom. The molecule has 132 valence electrons. The van der Waals surface area contributed by atoms with Crippen LogP contribution in [0, 0.1) is 0 Å². The van der Waals surface area contributed by atoms with Crippen LogP contribution in [0.1, 0.15) is 12.8 Å². The molecule has 1 aromatic rings. The summed E-state index contributed by atoms with van der Waals surface area (Å²) in [6.45, 7) is 3.26. The van der Waals surface area contributed by atoms with Gasteiger partial charge in [-0.05, 0) is 25.0 Å². The van der Waals surface area contributed by atoms with E-state index in [0.29, 0.717) is 38.3 Å². The first-order valence-electron chi connectivity index (χ1n) is 8.16. The van der Waals surface area contributed by atoms with E-state index in [0.717, 1.165) is 25.0 Å². The average molecular weight is 353 g/mol. The number of amides is 1. The van der Waals surface area contributed by atoms with Gasteiger partial charge in [0, 0.05) is 19.6 Å². The Labute approximate surface area is 142 Å². The van der Waals surface area contributed by atoms with Crippen molar-refractivity contribution in [3.05, 3.63) is 24.3 Å². The molecule has 2 aliphatic heterocycles. The molecule has 2 aliphatic rings. The lowest BCUT2D eigenvalue weighted by atomic mass is 10.2. The highest BCUT2D eigenvalue weighted by molar-refractivity contribution is 7.88. The summed E-state index contributed by atoms with van der Waals surface area (Å²) < 4.78 is 30.3. The maximum atomic E-state index is 12.6. The van der Waals surface area contributed by atoms with Gasteiger partial charge in [-0.3, -0.25) is 4.79 Å². The topological polar surface area (TPSA) is 79.0 Å². The summed E-state index contributed by atoms with van der Waals surface area (Å²) in [4.78, 5) is 14.8. The monoisotopic (exact) mass is 353 g/mol. The molecular formula is C16H23N3O4S. The van der Waals surface area contributed by atoms with Crippen LogP contribution in [-0.4, -0.2) is 63.8 Å². The Morgan fingerprint density at radius 3 is 2.62 bits per heavy atom. The van der Waals surface area contributed by atoms with E-state index in [4.69, 9.17) is 4.74 Å². The number of hydrogen-bond donors (Lipinski definition) is 1. The van der Waals surface area contributed by atoms with Crippen molar-refractivity contribution in [2.45, 2.75) is 18.9 Å². The molecular weight excluding hydrogens is 330 g/mol. The Kier molecular flexibility index (Phi) is 5.07. The highest BCUT2D eigenvalue weighted by atomic mass is 32.2. The number of sulfonamides is 1. The second kappa shape index (κ2) is 7.08. The van der Waals surface area contributed by atoms with Crippen LogP contribution >= 0.6 is 0 Å². The number of hydrogen-bond acceptors (Lipinski definition) is 5. The highest BCUT2D eigenvalue weighted by Gasteiger charge is 2.36. The standard InChI is InChI=1S/C16H23N3O4S/c1-24(21,22)19-8-4-7-15(19)16(20)17-13-5-2-3-6-14(13)18-9-11-23-12-10-18/h2-3,5-6,15H,4,7-12H2,1H3,(H,17,20). The molecule has 1 unspecified atom stereocenters. The lowest BCUT2D eigenvalue weighted by Crippen LogP contribution is -2.43. The lowest BCUT2D eigenvalue weighted by molar-refractivity contribution is -0.119. The van der Waals surface area contributed by atoms with E-state index in [1.807, 2.05) is 24.3 Å². The predicted octanol–water partition coefficient (Wildman–Crippen LogP) is 0.886. The number of nitrogens with one attached hydrogen (secondary N) is 1. The second-order valence-corrected chi connectivity index (χ2v) is 8.07. The number of anilines is 2. The van der Waals surface area contributed by atoms with Gasteiger partial charge in [0.2, 0.25) is 15.9 Å². The zero-order chi connectivity index (χ0) is 17.2. The van der Waals surface area contributed by atoms with Crippen molar-refractivity contribution in [2.24, 2.45) is 0 Å². The van der Waals surface area contributed by atoms with E-state index in [1.165, 1.54) is 4.31 Å². The van der Waals surface area contributed by atoms with Crippen LogP contribution in [0.5, 0.6) is 0 Å². The van der Waals surface area contributed by atoms with Crippen molar-refractivity contribution >= 4 is 27.3 Å². The zero-order valence-electron chi connectivity index (χ0n) is 13.8. The molecule has 1 N–H and O–H groups in total. The number of carbonyl (C=O) groups is 1. The molecule has 0 radical (unpaired) electrons. The number of para-hydroxylation sites is 2. The molecule has 24 heavy (non-hydrogen) atoms. The fourth-order valence-electron chi connectivity index (χ4n) is 3.27. The fraction of sp³-hybridized carbons (Fsp3) is 0.562. The van der Waals surface area contributed by atoms with Crippen molar-refractivity contribution in [2.75, 3.05) is 49.3 Å². The van der Waals surface area contributed by atoms with Crippen LogP contribution in [0.3, 0.4) is 0 Å². The van der Waals surface area contributed by atoms with Crippen LogP contribution in [0.25, 0.3) is 0 Å². The first-order valence-corrected chi connectivity index (χ1v) is 10.0. The first-order chi connectivity index (χ1) is 11.5. The molecule has 2 fully saturated rings. The molecule has 0 aromatic heterocycles. The number of rotatable bonds is 4. The molecule has 8 heteroatoms. The Balaban J connectivity index is 1.77. The van der Waals surface area contributed by atoms with Crippen LogP contribution in [0.4, 0.5) is 11.4 Å². The smallest absolute Gasteiger partial charge is 0.242 e. The van der Waals surface area contributed by atoms with Crippen molar-refractivity contribution in [1.82, 2.24) is 4.31 Å². The number of nitrogens with zero attached hydrogens (tertiary/aromatic N) is 2.